The van der Waals surface area contributed by atoms with Gasteiger partial charge in [-0.25, -0.2) is 0 Å². The third kappa shape index (κ3) is 3.97. The van der Waals surface area contributed by atoms with E-state index in [1.165, 1.54) is 29.0 Å². The molecule has 2 heteroatoms. The molecule has 0 atom stereocenters. The summed E-state index contributed by atoms with van der Waals surface area (Å²) in [5, 5.41) is 4.40. The van der Waals surface area contributed by atoms with E-state index in [1.54, 1.807) is 0 Å². The van der Waals surface area contributed by atoms with Crippen LogP contribution in [0.3, 0.4) is 0 Å². The fraction of sp³-hybridized carbons (Fsp3) is 0. The first-order valence-electron chi connectivity index (χ1n) is 13.2. The zero-order valence-electron chi connectivity index (χ0n) is 21.3. The molecule has 6 aromatic rings. The van der Waals surface area contributed by atoms with Crippen molar-refractivity contribution in [2.45, 2.75) is 0 Å². The van der Waals surface area contributed by atoms with Gasteiger partial charge < -0.3 is 0 Å². The molecule has 0 amide bonds. The van der Waals surface area contributed by atoms with Gasteiger partial charge in [-0.2, -0.15) is 0 Å². The van der Waals surface area contributed by atoms with Crippen LogP contribution in [0.2, 0.25) is 0 Å². The Morgan fingerprint density at radius 3 is 0.711 bits per heavy atom. The number of hydrogen-bond donors (Lipinski definition) is 0. The zero-order valence-corrected chi connectivity index (χ0v) is 24.4. The van der Waals surface area contributed by atoms with Crippen LogP contribution in [-0.2, 0) is 0 Å². The van der Waals surface area contributed by atoms with Crippen LogP contribution in [0, 0.1) is 0 Å². The summed E-state index contributed by atoms with van der Waals surface area (Å²) < 4.78 is 4.48. The number of hydrogen-bond acceptors (Lipinski definition) is 0. The van der Waals surface area contributed by atoms with E-state index in [4.69, 9.17) is 0 Å². The Kier molecular flexibility index (Phi) is 7.11. The third-order valence-electron chi connectivity index (χ3n) is 7.80. The number of benzene rings is 6. The van der Waals surface area contributed by atoms with Crippen molar-refractivity contribution in [3.63, 3.8) is 0 Å². The molecule has 6 aromatic carbocycles. The topological polar surface area (TPSA) is 0 Å². The molecule has 186 valence electrons. The average Bonchev–Trinajstić information content (AvgIpc) is 3.02. The van der Waals surface area contributed by atoms with Gasteiger partial charge in [0.1, 0.15) is 0 Å². The summed E-state index contributed by atoms with van der Waals surface area (Å²) in [7, 11) is 0. The normalized spacial score (nSPS) is 12.5. The van der Waals surface area contributed by atoms with Gasteiger partial charge in [-0.15, -0.1) is 0 Å². The molecular formula is C36H32AsP. The van der Waals surface area contributed by atoms with E-state index in [0.29, 0.717) is 0 Å². The van der Waals surface area contributed by atoms with Crippen molar-refractivity contribution in [2.75, 3.05) is 0 Å². The molecule has 6 rings (SSSR count). The molecule has 38 heavy (non-hydrogen) atoms. The van der Waals surface area contributed by atoms with Gasteiger partial charge in [-0.3, -0.25) is 0 Å². The second-order valence-electron chi connectivity index (χ2n) is 9.70. The van der Waals surface area contributed by atoms with Crippen molar-refractivity contribution in [2.24, 2.45) is 0 Å². The molecule has 0 nitrogen and oxygen atoms in total. The summed E-state index contributed by atoms with van der Waals surface area (Å²) in [4.78, 5) is 0. The van der Waals surface area contributed by atoms with Crippen LogP contribution < -0.4 is 29.0 Å². The van der Waals surface area contributed by atoms with Gasteiger partial charge in [-0.05, 0) is 0 Å². The predicted molar refractivity (Wildman–Crippen MR) is 172 cm³/mol. The summed E-state index contributed by atoms with van der Waals surface area (Å²) in [5.41, 5.74) is 0. The summed E-state index contributed by atoms with van der Waals surface area (Å²) in [6.45, 7) is 0. The summed E-state index contributed by atoms with van der Waals surface area (Å²) in [6.07, 6.45) is 0. The molecule has 0 heterocycles. The fourth-order valence-electron chi connectivity index (χ4n) is 6.43. The molecule has 0 fully saturated rings. The molecule has 0 aliphatic carbocycles. The maximum atomic E-state index is 2.41. The van der Waals surface area contributed by atoms with Crippen LogP contribution in [0.1, 0.15) is 0 Å². The Morgan fingerprint density at radius 1 is 0.263 bits per heavy atom. The van der Waals surface area contributed by atoms with Crippen molar-refractivity contribution in [3.8, 4) is 0 Å². The van der Waals surface area contributed by atoms with E-state index in [-0.39, 0.29) is 0 Å². The molecule has 0 aliphatic heterocycles. The van der Waals surface area contributed by atoms with Crippen LogP contribution >= 0.6 is 5.82 Å². The standard InChI is InChI=1S/C36H32AsP/c1-7-19-31(20-8-1)37(32-21-9-2-10-22-32,33-23-11-3-12-24-33)38(34-25-13-4-14-26-34,35-27-15-5-16-28-35)36-29-17-6-18-30-36/h1-30,37-38H. The first-order chi connectivity index (χ1) is 18.9. The Hall–Kier alpha value is -3.69. The Balaban J connectivity index is 1.93. The Morgan fingerprint density at radius 2 is 0.474 bits per heavy atom. The third-order valence-corrected chi connectivity index (χ3v) is 37.1. The monoisotopic (exact) mass is 570 g/mol. The Bertz CT molecular complexity index is 1250. The molecule has 0 bridgehead atoms. The maximum absolute atomic E-state index is 3.60. The van der Waals surface area contributed by atoms with E-state index in [9.17, 15) is 0 Å². The van der Waals surface area contributed by atoms with Crippen molar-refractivity contribution >= 4 is 47.9 Å². The molecule has 0 spiro atoms. The minimum atomic E-state index is -3.60. The van der Waals surface area contributed by atoms with E-state index in [2.05, 4.69) is 182 Å². The average molecular weight is 571 g/mol. The van der Waals surface area contributed by atoms with Gasteiger partial charge in [0.15, 0.2) is 0 Å². The summed E-state index contributed by atoms with van der Waals surface area (Å²) >= 11 is -3.60. The molecular weight excluding hydrogens is 538 g/mol. The van der Waals surface area contributed by atoms with Crippen molar-refractivity contribution in [1.82, 2.24) is 0 Å². The molecule has 0 aliphatic rings. The van der Waals surface area contributed by atoms with Gasteiger partial charge in [0, 0.05) is 0 Å². The Labute approximate surface area is 229 Å². The van der Waals surface area contributed by atoms with E-state index >= 15 is 0 Å². The van der Waals surface area contributed by atoms with E-state index in [1.807, 2.05) is 0 Å². The van der Waals surface area contributed by atoms with Gasteiger partial charge in [-0.1, -0.05) is 0 Å². The molecule has 0 saturated heterocycles. The van der Waals surface area contributed by atoms with Crippen LogP contribution in [-0.4, -0.2) is 13.1 Å². The van der Waals surface area contributed by atoms with Crippen molar-refractivity contribution < 1.29 is 0 Å². The van der Waals surface area contributed by atoms with Crippen LogP contribution in [0.5, 0.6) is 0 Å². The van der Waals surface area contributed by atoms with Gasteiger partial charge in [0.25, 0.3) is 0 Å². The zero-order chi connectivity index (χ0) is 25.7. The summed E-state index contributed by atoms with van der Waals surface area (Å²) in [6, 6.07) is 68.7. The first-order valence-corrected chi connectivity index (χ1v) is 21.5. The van der Waals surface area contributed by atoms with Gasteiger partial charge in [0.2, 0.25) is 0 Å². The van der Waals surface area contributed by atoms with Crippen LogP contribution in [0.4, 0.5) is 0 Å². The second kappa shape index (κ2) is 11.0. The fourth-order valence-corrected chi connectivity index (χ4v) is 40.7. The first kappa shape index (κ1) is 24.6. The second-order valence-corrected chi connectivity index (χ2v) is 28.3. The van der Waals surface area contributed by atoms with E-state index < -0.39 is 18.9 Å². The number of rotatable bonds is 7. The van der Waals surface area contributed by atoms with Crippen LogP contribution in [0.25, 0.3) is 0 Å². The minimum absolute atomic E-state index is 1.47. The predicted octanol–water partition coefficient (Wildman–Crippen LogP) is 5.11. The molecule has 0 N–H and O–H groups in total. The molecule has 0 saturated carbocycles. The van der Waals surface area contributed by atoms with Gasteiger partial charge >= 0.3 is 230 Å². The molecule has 0 aromatic heterocycles. The molecule has 0 unspecified atom stereocenters. The van der Waals surface area contributed by atoms with Crippen molar-refractivity contribution in [1.29, 1.82) is 0 Å². The SMILES string of the molecule is c1ccc([PH](c2ccccc2)(c2ccccc2)[AsH](c2ccccc2)(c2ccccc2)c2ccccc2)cc1. The van der Waals surface area contributed by atoms with Gasteiger partial charge in [0.05, 0.1) is 0 Å². The van der Waals surface area contributed by atoms with E-state index in [0.717, 1.165) is 0 Å². The van der Waals surface area contributed by atoms with Crippen LogP contribution in [0.15, 0.2) is 182 Å². The summed E-state index contributed by atoms with van der Waals surface area (Å²) in [5.74, 6) is -2.74. The molecule has 0 radical (unpaired) electrons. The quantitative estimate of drug-likeness (QED) is 0.185. The van der Waals surface area contributed by atoms with Crippen molar-refractivity contribution in [3.05, 3.63) is 182 Å².